The Morgan fingerprint density at radius 3 is 1.95 bits per heavy atom. The minimum absolute atomic E-state index is 0.813. The van der Waals surface area contributed by atoms with Crippen molar-refractivity contribution in [2.45, 2.75) is 84.7 Å². The van der Waals surface area contributed by atoms with E-state index in [2.05, 4.69) is 37.5 Å². The third-order valence-corrected chi connectivity index (χ3v) is 5.88. The van der Waals surface area contributed by atoms with Crippen molar-refractivity contribution in [1.82, 2.24) is 9.80 Å². The fourth-order valence-corrected chi connectivity index (χ4v) is 4.65. The normalized spacial score (nSPS) is 29.4. The first-order valence-corrected chi connectivity index (χ1v) is 9.62. The number of likely N-dealkylation sites (tertiary alicyclic amines) is 1. The fraction of sp³-hybridized carbons (Fsp3) is 1.00. The number of hydrogen-bond acceptors (Lipinski definition) is 2. The zero-order valence-corrected chi connectivity index (χ0v) is 15.0. The Morgan fingerprint density at radius 2 is 1.48 bits per heavy atom. The van der Waals surface area contributed by atoms with Gasteiger partial charge in [0.15, 0.2) is 0 Å². The van der Waals surface area contributed by atoms with Crippen LogP contribution in [0.2, 0.25) is 0 Å². The maximum Gasteiger partial charge on any atom is 0.0122 e. The van der Waals surface area contributed by atoms with Crippen LogP contribution in [0.5, 0.6) is 0 Å². The first kappa shape index (κ1) is 17.3. The van der Waals surface area contributed by atoms with Crippen LogP contribution in [0.3, 0.4) is 0 Å². The van der Waals surface area contributed by atoms with Crippen LogP contribution in [0.1, 0.15) is 72.6 Å². The molecule has 0 atom stereocenters. The molecule has 0 radical (unpaired) electrons. The summed E-state index contributed by atoms with van der Waals surface area (Å²) in [5.74, 6) is 1.83. The lowest BCUT2D eigenvalue weighted by molar-refractivity contribution is 0.0514. The van der Waals surface area contributed by atoms with Crippen molar-refractivity contribution in [2.75, 3.05) is 26.2 Å². The van der Waals surface area contributed by atoms with E-state index >= 15 is 0 Å². The average molecular weight is 295 g/mol. The quantitative estimate of drug-likeness (QED) is 0.716. The van der Waals surface area contributed by atoms with E-state index in [4.69, 9.17) is 0 Å². The first-order valence-electron chi connectivity index (χ1n) is 9.62. The van der Waals surface area contributed by atoms with Gasteiger partial charge in [0, 0.05) is 18.6 Å². The third-order valence-electron chi connectivity index (χ3n) is 5.88. The lowest BCUT2D eigenvalue weighted by Gasteiger charge is -2.44. The van der Waals surface area contributed by atoms with E-state index in [0.717, 1.165) is 23.9 Å². The molecule has 2 aliphatic rings. The molecule has 1 heterocycles. The Morgan fingerprint density at radius 1 is 0.905 bits per heavy atom. The van der Waals surface area contributed by atoms with Gasteiger partial charge in [0.25, 0.3) is 0 Å². The fourth-order valence-electron chi connectivity index (χ4n) is 4.65. The molecule has 0 aromatic carbocycles. The summed E-state index contributed by atoms with van der Waals surface area (Å²) in [5.41, 5.74) is 0. The van der Waals surface area contributed by atoms with Crippen molar-refractivity contribution in [1.29, 1.82) is 0 Å². The highest BCUT2D eigenvalue weighted by Crippen LogP contribution is 2.32. The van der Waals surface area contributed by atoms with Crippen LogP contribution >= 0.6 is 0 Å². The average Bonchev–Trinajstić information content (AvgIpc) is 2.50. The SMILES string of the molecule is CCC1CCC(N(CC)C2CCN(CC(C)C)CC2)CC1. The molecule has 0 unspecified atom stereocenters. The Bertz CT molecular complexity index is 273. The summed E-state index contributed by atoms with van der Waals surface area (Å²) in [7, 11) is 0. The molecular weight excluding hydrogens is 256 g/mol. The summed E-state index contributed by atoms with van der Waals surface area (Å²) >= 11 is 0. The Balaban J connectivity index is 1.80. The number of hydrogen-bond donors (Lipinski definition) is 0. The molecule has 0 spiro atoms. The van der Waals surface area contributed by atoms with E-state index in [1.54, 1.807) is 0 Å². The van der Waals surface area contributed by atoms with Crippen LogP contribution in [0.15, 0.2) is 0 Å². The Kier molecular flexibility index (Phi) is 7.01. The molecule has 1 aliphatic carbocycles. The Labute approximate surface area is 133 Å². The summed E-state index contributed by atoms with van der Waals surface area (Å²) in [4.78, 5) is 5.56. The molecule has 0 N–H and O–H groups in total. The molecular formula is C19H38N2. The monoisotopic (exact) mass is 294 g/mol. The summed E-state index contributed by atoms with van der Waals surface area (Å²) in [6, 6.07) is 1.75. The van der Waals surface area contributed by atoms with Crippen molar-refractivity contribution in [3.8, 4) is 0 Å². The van der Waals surface area contributed by atoms with Gasteiger partial charge in [0.05, 0.1) is 0 Å². The van der Waals surface area contributed by atoms with Gasteiger partial charge in [-0.1, -0.05) is 34.1 Å². The predicted molar refractivity (Wildman–Crippen MR) is 92.7 cm³/mol. The highest BCUT2D eigenvalue weighted by molar-refractivity contribution is 4.86. The molecule has 1 aliphatic heterocycles. The smallest absolute Gasteiger partial charge is 0.0122 e. The maximum absolute atomic E-state index is 2.87. The molecule has 1 saturated carbocycles. The zero-order valence-electron chi connectivity index (χ0n) is 15.0. The zero-order chi connectivity index (χ0) is 15.2. The van der Waals surface area contributed by atoms with Crippen LogP contribution in [0.25, 0.3) is 0 Å². The van der Waals surface area contributed by atoms with Gasteiger partial charge in [-0.3, -0.25) is 4.90 Å². The molecule has 0 aromatic rings. The van der Waals surface area contributed by atoms with Crippen molar-refractivity contribution in [3.63, 3.8) is 0 Å². The molecule has 2 heteroatoms. The van der Waals surface area contributed by atoms with Gasteiger partial charge in [-0.2, -0.15) is 0 Å². The number of rotatable bonds is 6. The van der Waals surface area contributed by atoms with Crippen LogP contribution in [-0.2, 0) is 0 Å². The minimum Gasteiger partial charge on any atom is -0.303 e. The van der Waals surface area contributed by atoms with E-state index in [1.165, 1.54) is 71.1 Å². The van der Waals surface area contributed by atoms with E-state index in [1.807, 2.05) is 0 Å². The van der Waals surface area contributed by atoms with Gasteiger partial charge in [0.2, 0.25) is 0 Å². The Hall–Kier alpha value is -0.0800. The lowest BCUT2D eigenvalue weighted by atomic mass is 9.83. The molecule has 0 bridgehead atoms. The second-order valence-corrected chi connectivity index (χ2v) is 7.84. The minimum atomic E-state index is 0.813. The van der Waals surface area contributed by atoms with Gasteiger partial charge in [0.1, 0.15) is 0 Å². The van der Waals surface area contributed by atoms with E-state index < -0.39 is 0 Å². The van der Waals surface area contributed by atoms with Crippen LogP contribution in [0, 0.1) is 11.8 Å². The molecule has 2 fully saturated rings. The number of nitrogens with zero attached hydrogens (tertiary/aromatic N) is 2. The lowest BCUT2D eigenvalue weighted by Crippen LogP contribution is -2.50. The molecule has 2 nitrogen and oxygen atoms in total. The van der Waals surface area contributed by atoms with E-state index in [9.17, 15) is 0 Å². The van der Waals surface area contributed by atoms with Gasteiger partial charge in [-0.15, -0.1) is 0 Å². The highest BCUT2D eigenvalue weighted by Gasteiger charge is 2.31. The predicted octanol–water partition coefficient (Wildman–Crippen LogP) is 4.40. The molecule has 2 rings (SSSR count). The maximum atomic E-state index is 2.87. The van der Waals surface area contributed by atoms with Crippen molar-refractivity contribution in [3.05, 3.63) is 0 Å². The summed E-state index contributed by atoms with van der Waals surface area (Å²) in [6.45, 7) is 14.6. The second-order valence-electron chi connectivity index (χ2n) is 7.84. The highest BCUT2D eigenvalue weighted by atomic mass is 15.2. The third kappa shape index (κ3) is 4.96. The van der Waals surface area contributed by atoms with Crippen molar-refractivity contribution in [2.24, 2.45) is 11.8 Å². The standard InChI is InChI=1S/C19H38N2/c1-5-17-7-9-18(10-8-17)21(6-2)19-11-13-20(14-12-19)15-16(3)4/h16-19H,5-15H2,1-4H3. The van der Waals surface area contributed by atoms with Gasteiger partial charge >= 0.3 is 0 Å². The van der Waals surface area contributed by atoms with Crippen LogP contribution in [-0.4, -0.2) is 48.1 Å². The molecule has 124 valence electrons. The molecule has 1 saturated heterocycles. The molecule has 0 aromatic heterocycles. The number of piperidine rings is 1. The summed E-state index contributed by atoms with van der Waals surface area (Å²) < 4.78 is 0. The van der Waals surface area contributed by atoms with Gasteiger partial charge in [-0.05, 0) is 70.0 Å². The molecule has 0 amide bonds. The van der Waals surface area contributed by atoms with E-state index in [0.29, 0.717) is 0 Å². The van der Waals surface area contributed by atoms with Gasteiger partial charge < -0.3 is 4.90 Å². The summed E-state index contributed by atoms with van der Waals surface area (Å²) in [6.07, 6.45) is 10.1. The van der Waals surface area contributed by atoms with E-state index in [-0.39, 0.29) is 0 Å². The van der Waals surface area contributed by atoms with Crippen LogP contribution in [0.4, 0.5) is 0 Å². The molecule has 21 heavy (non-hydrogen) atoms. The van der Waals surface area contributed by atoms with Gasteiger partial charge in [-0.25, -0.2) is 0 Å². The first-order chi connectivity index (χ1) is 10.1. The van der Waals surface area contributed by atoms with Crippen LogP contribution < -0.4 is 0 Å². The summed E-state index contributed by atoms with van der Waals surface area (Å²) in [5, 5.41) is 0. The van der Waals surface area contributed by atoms with Crippen molar-refractivity contribution < 1.29 is 0 Å². The largest absolute Gasteiger partial charge is 0.303 e. The second kappa shape index (κ2) is 8.53. The topological polar surface area (TPSA) is 6.48 Å². The van der Waals surface area contributed by atoms with Crippen molar-refractivity contribution >= 4 is 0 Å².